The van der Waals surface area contributed by atoms with Crippen molar-refractivity contribution in [2.45, 2.75) is 13.8 Å². The summed E-state index contributed by atoms with van der Waals surface area (Å²) in [5.74, 6) is 1.23. The molecule has 0 saturated heterocycles. The van der Waals surface area contributed by atoms with E-state index in [-0.39, 0.29) is 5.78 Å². The highest BCUT2D eigenvalue weighted by atomic mass is 16.5. The molecule has 116 valence electrons. The minimum atomic E-state index is -0.0575. The average molecular weight is 300 g/mol. The summed E-state index contributed by atoms with van der Waals surface area (Å²) in [5, 5.41) is 4.26. The second kappa shape index (κ2) is 6.47. The molecule has 0 bridgehead atoms. The maximum Gasteiger partial charge on any atom is 0.189 e. The lowest BCUT2D eigenvalue weighted by Crippen LogP contribution is -1.99. The van der Waals surface area contributed by atoms with Gasteiger partial charge in [-0.25, -0.2) is 0 Å². The number of ketones is 1. The van der Waals surface area contributed by atoms with Crippen molar-refractivity contribution >= 4 is 11.9 Å². The van der Waals surface area contributed by atoms with Gasteiger partial charge in [-0.15, -0.1) is 0 Å². The van der Waals surface area contributed by atoms with Crippen LogP contribution in [0, 0.1) is 13.8 Å². The largest absolute Gasteiger partial charge is 0.493 e. The minimum absolute atomic E-state index is 0.0575. The molecule has 1 aromatic carbocycles. The topological polar surface area (TPSA) is 53.3 Å². The Morgan fingerprint density at radius 3 is 2.41 bits per heavy atom. The first kappa shape index (κ1) is 15.8. The van der Waals surface area contributed by atoms with Crippen LogP contribution in [-0.4, -0.2) is 29.8 Å². The Kier molecular flexibility index (Phi) is 4.65. The lowest BCUT2D eigenvalue weighted by molar-refractivity contribution is 0.104. The molecule has 22 heavy (non-hydrogen) atoms. The van der Waals surface area contributed by atoms with Gasteiger partial charge in [0.25, 0.3) is 0 Å². The molecular weight excluding hydrogens is 280 g/mol. The van der Waals surface area contributed by atoms with Crippen molar-refractivity contribution in [1.29, 1.82) is 0 Å². The zero-order valence-electron chi connectivity index (χ0n) is 13.5. The first-order chi connectivity index (χ1) is 10.5. The van der Waals surface area contributed by atoms with Gasteiger partial charge in [-0.05, 0) is 37.6 Å². The Hall–Kier alpha value is -2.56. The van der Waals surface area contributed by atoms with Gasteiger partial charge in [-0.2, -0.15) is 5.10 Å². The smallest absolute Gasteiger partial charge is 0.189 e. The summed E-state index contributed by atoms with van der Waals surface area (Å²) >= 11 is 0. The minimum Gasteiger partial charge on any atom is -0.493 e. The van der Waals surface area contributed by atoms with E-state index in [9.17, 15) is 4.79 Å². The predicted octanol–water partition coefficient (Wildman–Crippen LogP) is 2.95. The number of aromatic nitrogens is 2. The molecule has 2 rings (SSSR count). The Morgan fingerprint density at radius 1 is 1.18 bits per heavy atom. The summed E-state index contributed by atoms with van der Waals surface area (Å²) < 4.78 is 12.2. The van der Waals surface area contributed by atoms with Crippen LogP contribution < -0.4 is 9.47 Å². The van der Waals surface area contributed by atoms with Crippen molar-refractivity contribution in [1.82, 2.24) is 9.78 Å². The number of carbonyl (C=O) groups is 1. The van der Waals surface area contributed by atoms with Gasteiger partial charge < -0.3 is 9.47 Å². The number of nitrogens with zero attached hydrogens (tertiary/aromatic N) is 2. The van der Waals surface area contributed by atoms with Crippen LogP contribution in [0.2, 0.25) is 0 Å². The number of methoxy groups -OCH3 is 2. The van der Waals surface area contributed by atoms with Gasteiger partial charge in [0.15, 0.2) is 17.3 Å². The van der Waals surface area contributed by atoms with E-state index in [0.29, 0.717) is 17.1 Å². The molecule has 1 aromatic heterocycles. The first-order valence-electron chi connectivity index (χ1n) is 6.92. The number of carbonyl (C=O) groups excluding carboxylic acids is 1. The molecule has 0 radical (unpaired) electrons. The van der Waals surface area contributed by atoms with Crippen LogP contribution in [0.4, 0.5) is 0 Å². The molecule has 2 aromatic rings. The van der Waals surface area contributed by atoms with Crippen molar-refractivity contribution in [3.8, 4) is 11.5 Å². The number of allylic oxidation sites excluding steroid dienone is 1. The molecule has 5 nitrogen and oxygen atoms in total. The van der Waals surface area contributed by atoms with Crippen molar-refractivity contribution in [3.05, 3.63) is 46.8 Å². The molecule has 0 aliphatic rings. The zero-order chi connectivity index (χ0) is 16.3. The number of benzene rings is 1. The molecule has 0 aliphatic carbocycles. The standard InChI is InChI=1S/C17H20N2O3/c1-11-17(12(2)19(3)18-11)14(20)8-6-13-7-9-15(21-4)16(10-13)22-5/h6-10H,1-5H3/b8-6+. The molecule has 0 saturated carbocycles. The fourth-order valence-electron chi connectivity index (χ4n) is 2.34. The highest BCUT2D eigenvalue weighted by Crippen LogP contribution is 2.28. The first-order valence-corrected chi connectivity index (χ1v) is 6.92. The fourth-order valence-corrected chi connectivity index (χ4v) is 2.34. The molecule has 0 aliphatic heterocycles. The molecule has 5 heteroatoms. The second-order valence-electron chi connectivity index (χ2n) is 4.98. The Bertz CT molecular complexity index is 730. The third kappa shape index (κ3) is 3.03. The molecule has 0 unspecified atom stereocenters. The van der Waals surface area contributed by atoms with Gasteiger partial charge in [0, 0.05) is 12.7 Å². The van der Waals surface area contributed by atoms with E-state index in [0.717, 1.165) is 17.0 Å². The zero-order valence-corrected chi connectivity index (χ0v) is 13.5. The third-order valence-corrected chi connectivity index (χ3v) is 3.59. The molecule has 0 spiro atoms. The Labute approximate surface area is 130 Å². The fraction of sp³-hybridized carbons (Fsp3) is 0.294. The number of ether oxygens (including phenoxy) is 2. The number of hydrogen-bond donors (Lipinski definition) is 0. The van der Waals surface area contributed by atoms with E-state index in [2.05, 4.69) is 5.10 Å². The van der Waals surface area contributed by atoms with Crippen LogP contribution in [-0.2, 0) is 7.05 Å². The number of rotatable bonds is 5. The summed E-state index contributed by atoms with van der Waals surface area (Å²) in [6, 6.07) is 5.50. The Balaban J connectivity index is 2.26. The van der Waals surface area contributed by atoms with Gasteiger partial charge in [0.05, 0.1) is 25.5 Å². The third-order valence-electron chi connectivity index (χ3n) is 3.59. The number of hydrogen-bond acceptors (Lipinski definition) is 4. The molecule has 1 heterocycles. The highest BCUT2D eigenvalue weighted by Gasteiger charge is 2.14. The quantitative estimate of drug-likeness (QED) is 0.629. The molecule has 0 fully saturated rings. The van der Waals surface area contributed by atoms with E-state index in [1.165, 1.54) is 0 Å². The summed E-state index contributed by atoms with van der Waals surface area (Å²) in [7, 11) is 5.00. The van der Waals surface area contributed by atoms with Gasteiger partial charge in [-0.1, -0.05) is 12.1 Å². The van der Waals surface area contributed by atoms with Gasteiger partial charge in [0.2, 0.25) is 0 Å². The summed E-state index contributed by atoms with van der Waals surface area (Å²) in [4.78, 5) is 12.4. The maximum atomic E-state index is 12.4. The molecule has 0 atom stereocenters. The van der Waals surface area contributed by atoms with E-state index in [4.69, 9.17) is 9.47 Å². The predicted molar refractivity (Wildman–Crippen MR) is 85.6 cm³/mol. The Morgan fingerprint density at radius 2 is 1.86 bits per heavy atom. The van der Waals surface area contributed by atoms with Gasteiger partial charge in [0.1, 0.15) is 0 Å². The molecular formula is C17H20N2O3. The highest BCUT2D eigenvalue weighted by molar-refractivity contribution is 6.08. The van der Waals surface area contributed by atoms with E-state index < -0.39 is 0 Å². The second-order valence-corrected chi connectivity index (χ2v) is 4.98. The van der Waals surface area contributed by atoms with E-state index >= 15 is 0 Å². The van der Waals surface area contributed by atoms with Crippen molar-refractivity contribution in [3.63, 3.8) is 0 Å². The monoisotopic (exact) mass is 300 g/mol. The average Bonchev–Trinajstić information content (AvgIpc) is 2.77. The van der Waals surface area contributed by atoms with Crippen LogP contribution in [0.1, 0.15) is 27.3 Å². The van der Waals surface area contributed by atoms with Crippen LogP contribution in [0.3, 0.4) is 0 Å². The SMILES string of the molecule is COc1ccc(/C=C/C(=O)c2c(C)nn(C)c2C)cc1OC. The van der Waals surface area contributed by atoms with Gasteiger partial charge in [-0.3, -0.25) is 9.48 Å². The van der Waals surface area contributed by atoms with Crippen LogP contribution in [0.5, 0.6) is 11.5 Å². The summed E-state index contributed by atoms with van der Waals surface area (Å²) in [5.41, 5.74) is 3.12. The van der Waals surface area contributed by atoms with E-state index in [1.807, 2.05) is 39.1 Å². The summed E-state index contributed by atoms with van der Waals surface area (Å²) in [6.07, 6.45) is 3.31. The van der Waals surface area contributed by atoms with E-state index in [1.54, 1.807) is 31.1 Å². The lowest BCUT2D eigenvalue weighted by Gasteiger charge is -2.07. The maximum absolute atomic E-state index is 12.4. The number of aryl methyl sites for hydroxylation is 2. The van der Waals surface area contributed by atoms with Crippen molar-refractivity contribution in [2.24, 2.45) is 7.05 Å². The van der Waals surface area contributed by atoms with Crippen LogP contribution >= 0.6 is 0 Å². The van der Waals surface area contributed by atoms with Crippen LogP contribution in [0.15, 0.2) is 24.3 Å². The molecule has 0 amide bonds. The van der Waals surface area contributed by atoms with Crippen LogP contribution in [0.25, 0.3) is 6.08 Å². The van der Waals surface area contributed by atoms with Crippen molar-refractivity contribution in [2.75, 3.05) is 14.2 Å². The normalized spacial score (nSPS) is 11.0. The summed E-state index contributed by atoms with van der Waals surface area (Å²) in [6.45, 7) is 3.72. The molecule has 0 N–H and O–H groups in total. The van der Waals surface area contributed by atoms with Gasteiger partial charge >= 0.3 is 0 Å². The van der Waals surface area contributed by atoms with Crippen molar-refractivity contribution < 1.29 is 14.3 Å². The lowest BCUT2D eigenvalue weighted by atomic mass is 10.1.